The summed E-state index contributed by atoms with van der Waals surface area (Å²) < 4.78 is 9.62. The van der Waals surface area contributed by atoms with Crippen LogP contribution in [-0.4, -0.2) is 33.0 Å². The van der Waals surface area contributed by atoms with Crippen molar-refractivity contribution in [3.8, 4) is 17.0 Å². The number of fused-ring (bicyclic) bond motifs is 2. The Kier molecular flexibility index (Phi) is 11.8. The summed E-state index contributed by atoms with van der Waals surface area (Å²) in [6, 6.07) is 18.7. The number of nitrogens with one attached hydrogen (secondary N) is 1. The Morgan fingerprint density at radius 1 is 0.826 bits per heavy atom. The molecule has 0 aliphatic rings. The molecule has 0 aliphatic carbocycles. The summed E-state index contributed by atoms with van der Waals surface area (Å²) in [6.07, 6.45) is 16.9. The lowest BCUT2D eigenvalue weighted by Crippen LogP contribution is -2.16. The molecule has 246 valence electrons. The minimum Gasteiger partial charge on any atom is -0.497 e. The molecule has 1 N–H and O–H groups in total. The van der Waals surface area contributed by atoms with E-state index >= 15 is 0 Å². The van der Waals surface area contributed by atoms with Gasteiger partial charge in [-0.05, 0) is 54.5 Å². The minimum absolute atomic E-state index is 0.466. The molecule has 0 radical (unpaired) electrons. The van der Waals surface area contributed by atoms with E-state index in [9.17, 15) is 0 Å². The number of aromatic nitrogens is 4. The Labute approximate surface area is 275 Å². The van der Waals surface area contributed by atoms with Crippen molar-refractivity contribution in [1.29, 1.82) is 0 Å². The van der Waals surface area contributed by atoms with Crippen LogP contribution >= 0.6 is 0 Å². The van der Waals surface area contributed by atoms with Crippen LogP contribution in [-0.2, 0) is 20.1 Å². The first kappa shape index (κ1) is 33.5. The van der Waals surface area contributed by atoms with Gasteiger partial charge in [-0.2, -0.15) is 4.73 Å². The molecular formula is C39H53N5O2. The molecule has 0 saturated heterocycles. The molecule has 5 rings (SSSR count). The van der Waals surface area contributed by atoms with Crippen LogP contribution in [0.25, 0.3) is 33.3 Å². The molecule has 3 aromatic heterocycles. The van der Waals surface area contributed by atoms with Crippen molar-refractivity contribution in [2.45, 2.75) is 98.1 Å². The summed E-state index contributed by atoms with van der Waals surface area (Å²) in [7, 11) is 3.78. The summed E-state index contributed by atoms with van der Waals surface area (Å²) in [6.45, 7) is 9.08. The Morgan fingerprint density at radius 2 is 1.54 bits per heavy atom. The lowest BCUT2D eigenvalue weighted by Gasteiger charge is -2.17. The molecule has 2 aromatic carbocycles. The third kappa shape index (κ3) is 9.12. The molecule has 46 heavy (non-hydrogen) atoms. The molecule has 7 nitrogen and oxygen atoms in total. The second kappa shape index (κ2) is 16.1. The Morgan fingerprint density at radius 3 is 2.26 bits per heavy atom. The van der Waals surface area contributed by atoms with Gasteiger partial charge in [-0.15, -0.1) is 0 Å². The number of hydrogen-bond acceptors (Lipinski definition) is 5. The molecule has 0 amide bonds. The van der Waals surface area contributed by atoms with E-state index < -0.39 is 0 Å². The topological polar surface area (TPSA) is 66.1 Å². The average Bonchev–Trinajstić information content (AvgIpc) is 3.57. The highest BCUT2D eigenvalue weighted by Gasteiger charge is 2.19. The molecular weight excluding hydrogens is 570 g/mol. The van der Waals surface area contributed by atoms with Crippen LogP contribution in [0, 0.1) is 5.41 Å². The number of rotatable bonds is 18. The molecule has 0 saturated carbocycles. The minimum atomic E-state index is 0.466. The second-order valence-corrected chi connectivity index (χ2v) is 13.8. The molecule has 0 aliphatic heterocycles. The normalized spacial score (nSPS) is 11.9. The van der Waals surface area contributed by atoms with E-state index in [0.29, 0.717) is 18.6 Å². The number of ether oxygens (including phenoxy) is 1. The van der Waals surface area contributed by atoms with Crippen molar-refractivity contribution < 1.29 is 9.57 Å². The quantitative estimate of drug-likeness (QED) is 0.0986. The molecule has 0 atom stereocenters. The maximum atomic E-state index is 6.50. The van der Waals surface area contributed by atoms with E-state index in [2.05, 4.69) is 86.4 Å². The predicted molar refractivity (Wildman–Crippen MR) is 190 cm³/mol. The van der Waals surface area contributed by atoms with Crippen LogP contribution in [0.1, 0.15) is 96.2 Å². The largest absolute Gasteiger partial charge is 0.497 e. The second-order valence-electron chi connectivity index (χ2n) is 13.8. The van der Waals surface area contributed by atoms with Gasteiger partial charge in [-0.3, -0.25) is 0 Å². The number of unbranched alkanes of at least 4 members (excludes halogenated alkanes) is 8. The fourth-order valence-corrected chi connectivity index (χ4v) is 6.18. The molecule has 5 aromatic rings. The molecule has 7 heteroatoms. The third-order valence-electron chi connectivity index (χ3n) is 8.76. The smallest absolute Gasteiger partial charge is 0.194 e. The van der Waals surface area contributed by atoms with Gasteiger partial charge in [0, 0.05) is 42.8 Å². The van der Waals surface area contributed by atoms with Crippen molar-refractivity contribution in [2.24, 2.45) is 12.5 Å². The first-order chi connectivity index (χ1) is 22.3. The van der Waals surface area contributed by atoms with E-state index in [1.54, 1.807) is 7.11 Å². The van der Waals surface area contributed by atoms with Crippen LogP contribution in [0.3, 0.4) is 0 Å². The number of nitrogens with zero attached hydrogens (tertiary/aromatic N) is 4. The first-order valence-electron chi connectivity index (χ1n) is 17.2. The summed E-state index contributed by atoms with van der Waals surface area (Å²) in [4.78, 5) is 16.3. The fraction of sp³-hybridized carbons (Fsp3) is 0.487. The Balaban J connectivity index is 1.23. The maximum absolute atomic E-state index is 6.50. The van der Waals surface area contributed by atoms with E-state index in [1.807, 2.05) is 23.1 Å². The predicted octanol–water partition coefficient (Wildman–Crippen LogP) is 9.26. The molecule has 0 bridgehead atoms. The van der Waals surface area contributed by atoms with E-state index in [-0.39, 0.29) is 0 Å². The lowest BCUT2D eigenvalue weighted by atomic mass is 9.89. The zero-order valence-corrected chi connectivity index (χ0v) is 28.6. The molecule has 0 spiro atoms. The zero-order valence-electron chi connectivity index (χ0n) is 28.6. The fourth-order valence-electron chi connectivity index (χ4n) is 6.18. The number of aryl methyl sites for hydroxylation is 1. The molecule has 0 fully saturated rings. The van der Waals surface area contributed by atoms with Crippen LogP contribution in [0.15, 0.2) is 67.0 Å². The van der Waals surface area contributed by atoms with Gasteiger partial charge in [-0.1, -0.05) is 96.0 Å². The highest BCUT2D eigenvalue weighted by molar-refractivity contribution is 5.98. The summed E-state index contributed by atoms with van der Waals surface area (Å²) in [5.41, 5.74) is 7.35. The van der Waals surface area contributed by atoms with Gasteiger partial charge in [0.2, 0.25) is 0 Å². The van der Waals surface area contributed by atoms with Crippen molar-refractivity contribution in [1.82, 2.24) is 24.6 Å². The van der Waals surface area contributed by atoms with E-state index in [0.717, 1.165) is 57.7 Å². The molecule has 0 unspecified atom stereocenters. The van der Waals surface area contributed by atoms with E-state index in [1.165, 1.54) is 63.4 Å². The van der Waals surface area contributed by atoms with Gasteiger partial charge >= 0.3 is 0 Å². The lowest BCUT2D eigenvalue weighted by molar-refractivity contribution is 0.118. The number of methoxy groups -OCH3 is 1. The van der Waals surface area contributed by atoms with Crippen LogP contribution in [0.4, 0.5) is 0 Å². The van der Waals surface area contributed by atoms with Crippen molar-refractivity contribution in [3.05, 3.63) is 78.2 Å². The van der Waals surface area contributed by atoms with Crippen LogP contribution in [0.5, 0.6) is 5.75 Å². The van der Waals surface area contributed by atoms with Crippen molar-refractivity contribution >= 4 is 22.1 Å². The summed E-state index contributed by atoms with van der Waals surface area (Å²) >= 11 is 0. The van der Waals surface area contributed by atoms with Crippen molar-refractivity contribution in [3.63, 3.8) is 0 Å². The maximum Gasteiger partial charge on any atom is 0.194 e. The van der Waals surface area contributed by atoms with Gasteiger partial charge in [0.05, 0.1) is 24.7 Å². The highest BCUT2D eigenvalue weighted by atomic mass is 16.7. The van der Waals surface area contributed by atoms with Crippen LogP contribution in [0.2, 0.25) is 0 Å². The van der Waals surface area contributed by atoms with Gasteiger partial charge < -0.3 is 19.5 Å². The van der Waals surface area contributed by atoms with Crippen LogP contribution < -0.4 is 14.9 Å². The standard InChI is InChI=1S/C39H53N5O2/c1-39(2,3)22-16-11-9-7-6-8-10-12-17-23-46-44-37(34-29-43(4)36-21-20-32(45-5)24-33(34)36)25-35-38(44)41-28-31(42-35)27-40-26-30-18-14-13-15-19-30/h13-15,18-21,24-25,28-29,40H,6-12,16-17,22-23,26-27H2,1-5H3. The third-order valence-corrected chi connectivity index (χ3v) is 8.76. The van der Waals surface area contributed by atoms with Gasteiger partial charge in [-0.25, -0.2) is 9.97 Å². The van der Waals surface area contributed by atoms with Gasteiger partial charge in [0.25, 0.3) is 0 Å². The van der Waals surface area contributed by atoms with E-state index in [4.69, 9.17) is 19.5 Å². The summed E-state index contributed by atoms with van der Waals surface area (Å²) in [5, 5.41) is 4.61. The first-order valence-corrected chi connectivity index (χ1v) is 17.2. The highest BCUT2D eigenvalue weighted by Crippen LogP contribution is 2.35. The summed E-state index contributed by atoms with van der Waals surface area (Å²) in [5.74, 6) is 0.830. The monoisotopic (exact) mass is 623 g/mol. The SMILES string of the molecule is COc1ccc2c(c1)c(-c1cc3nc(CNCc4ccccc4)cnc3n1OCCCCCCCCCCCC(C)(C)C)cn2C. The Bertz CT molecular complexity index is 1670. The average molecular weight is 624 g/mol. The molecule has 3 heterocycles. The van der Waals surface area contributed by atoms with Crippen molar-refractivity contribution in [2.75, 3.05) is 13.7 Å². The zero-order chi connectivity index (χ0) is 32.4. The van der Waals surface area contributed by atoms with Gasteiger partial charge in [0.1, 0.15) is 17.9 Å². The number of benzene rings is 2. The number of hydrogen-bond donors (Lipinski definition) is 1. The Hall–Kier alpha value is -3.84. The van der Waals surface area contributed by atoms with Gasteiger partial charge in [0.15, 0.2) is 5.65 Å².